The molecule has 1 saturated heterocycles. The second-order valence-corrected chi connectivity index (χ2v) is 6.76. The number of hydrogen-bond acceptors (Lipinski definition) is 4. The average molecular weight is 237 g/mol. The summed E-state index contributed by atoms with van der Waals surface area (Å²) in [4.78, 5) is 2.24. The maximum absolute atomic E-state index is 11.3. The molecule has 1 aliphatic heterocycles. The molecule has 0 saturated carbocycles. The van der Waals surface area contributed by atoms with Gasteiger partial charge < -0.3 is 4.90 Å². The Morgan fingerprint density at radius 3 is 2.71 bits per heavy atom. The first-order valence-corrected chi connectivity index (χ1v) is 7.52. The average Bonchev–Trinajstić information content (AvgIpc) is 2.28. The molecule has 1 atom stereocenters. The Morgan fingerprint density at radius 1 is 1.36 bits per heavy atom. The van der Waals surface area contributed by atoms with Crippen LogP contribution in [0.2, 0.25) is 0 Å². The van der Waals surface area contributed by atoms with Crippen LogP contribution >= 0.6 is 12.6 Å². The van der Waals surface area contributed by atoms with Crippen LogP contribution in [-0.4, -0.2) is 50.2 Å². The molecule has 5 heteroatoms. The fourth-order valence-corrected chi connectivity index (χ4v) is 3.10. The van der Waals surface area contributed by atoms with Crippen LogP contribution in [0.25, 0.3) is 0 Å². The molecule has 84 valence electrons. The van der Waals surface area contributed by atoms with Crippen molar-refractivity contribution in [3.63, 3.8) is 0 Å². The summed E-state index contributed by atoms with van der Waals surface area (Å²) < 4.78 is 22.7. The third kappa shape index (κ3) is 4.19. The van der Waals surface area contributed by atoms with Gasteiger partial charge in [-0.1, -0.05) is 6.92 Å². The van der Waals surface area contributed by atoms with Crippen LogP contribution < -0.4 is 0 Å². The summed E-state index contributed by atoms with van der Waals surface area (Å²) in [5, 5.41) is 0. The first-order valence-electron chi connectivity index (χ1n) is 5.07. The lowest BCUT2D eigenvalue weighted by Gasteiger charge is -2.22. The van der Waals surface area contributed by atoms with Gasteiger partial charge in [0.2, 0.25) is 0 Å². The topological polar surface area (TPSA) is 37.4 Å². The van der Waals surface area contributed by atoms with Crippen LogP contribution in [0.1, 0.15) is 13.3 Å². The zero-order valence-electron chi connectivity index (χ0n) is 8.65. The van der Waals surface area contributed by atoms with E-state index in [4.69, 9.17) is 0 Å². The predicted molar refractivity (Wildman–Crippen MR) is 62.7 cm³/mol. The van der Waals surface area contributed by atoms with E-state index in [0.717, 1.165) is 25.3 Å². The SMILES string of the molecule is CC(CS)CN1CCCS(=O)(=O)CC1. The van der Waals surface area contributed by atoms with Gasteiger partial charge in [0, 0.05) is 13.1 Å². The van der Waals surface area contributed by atoms with Crippen molar-refractivity contribution < 1.29 is 8.42 Å². The maximum Gasteiger partial charge on any atom is 0.151 e. The Hall–Kier alpha value is 0.260. The summed E-state index contributed by atoms with van der Waals surface area (Å²) in [5.74, 6) is 2.09. The molecular weight excluding hydrogens is 218 g/mol. The van der Waals surface area contributed by atoms with Crippen molar-refractivity contribution in [1.82, 2.24) is 4.90 Å². The molecule has 1 unspecified atom stereocenters. The molecule has 0 radical (unpaired) electrons. The van der Waals surface area contributed by atoms with Gasteiger partial charge in [-0.2, -0.15) is 12.6 Å². The Labute approximate surface area is 92.2 Å². The van der Waals surface area contributed by atoms with Gasteiger partial charge >= 0.3 is 0 Å². The van der Waals surface area contributed by atoms with Gasteiger partial charge in [0.25, 0.3) is 0 Å². The van der Waals surface area contributed by atoms with E-state index in [9.17, 15) is 8.42 Å². The van der Waals surface area contributed by atoms with Crippen molar-refractivity contribution in [3.8, 4) is 0 Å². The first kappa shape index (κ1) is 12.3. The molecule has 0 N–H and O–H groups in total. The summed E-state index contributed by atoms with van der Waals surface area (Å²) in [6.07, 6.45) is 0.779. The molecule has 3 nitrogen and oxygen atoms in total. The van der Waals surface area contributed by atoms with Crippen LogP contribution in [0.4, 0.5) is 0 Å². The second-order valence-electron chi connectivity index (χ2n) is 4.09. The van der Waals surface area contributed by atoms with E-state index in [1.165, 1.54) is 0 Å². The lowest BCUT2D eigenvalue weighted by molar-refractivity contribution is 0.264. The molecule has 0 aromatic heterocycles. The minimum absolute atomic E-state index is 0.326. The molecule has 0 amide bonds. The van der Waals surface area contributed by atoms with Crippen LogP contribution in [0.3, 0.4) is 0 Å². The standard InChI is InChI=1S/C9H19NO2S2/c1-9(8-13)7-10-3-2-5-14(11,12)6-4-10/h9,13H,2-8H2,1H3. The molecule has 0 spiro atoms. The normalized spacial score (nSPS) is 25.6. The molecular formula is C9H19NO2S2. The highest BCUT2D eigenvalue weighted by atomic mass is 32.2. The quantitative estimate of drug-likeness (QED) is 0.733. The monoisotopic (exact) mass is 237 g/mol. The molecule has 0 bridgehead atoms. The highest BCUT2D eigenvalue weighted by molar-refractivity contribution is 7.91. The van der Waals surface area contributed by atoms with Crippen molar-refractivity contribution in [2.45, 2.75) is 13.3 Å². The van der Waals surface area contributed by atoms with Crippen molar-refractivity contribution >= 4 is 22.5 Å². The fraction of sp³-hybridized carbons (Fsp3) is 1.00. The Balaban J connectivity index is 2.42. The van der Waals surface area contributed by atoms with Gasteiger partial charge in [0.05, 0.1) is 11.5 Å². The highest BCUT2D eigenvalue weighted by Gasteiger charge is 2.19. The van der Waals surface area contributed by atoms with E-state index in [1.807, 2.05) is 0 Å². The molecule has 0 aromatic carbocycles. The van der Waals surface area contributed by atoms with Crippen molar-refractivity contribution in [2.24, 2.45) is 5.92 Å². The zero-order chi connectivity index (χ0) is 10.6. The Bertz CT molecular complexity index is 264. The van der Waals surface area contributed by atoms with Gasteiger partial charge in [-0.3, -0.25) is 0 Å². The van der Waals surface area contributed by atoms with Crippen LogP contribution in [0.5, 0.6) is 0 Å². The van der Waals surface area contributed by atoms with Crippen LogP contribution in [0, 0.1) is 5.92 Å². The summed E-state index contributed by atoms with van der Waals surface area (Å²) in [6.45, 7) is 4.73. The fourth-order valence-electron chi connectivity index (χ4n) is 1.67. The minimum atomic E-state index is -2.76. The lowest BCUT2D eigenvalue weighted by atomic mass is 10.2. The summed E-state index contributed by atoms with van der Waals surface area (Å²) in [5.41, 5.74) is 0. The van der Waals surface area contributed by atoms with E-state index in [0.29, 0.717) is 24.0 Å². The van der Waals surface area contributed by atoms with E-state index in [-0.39, 0.29) is 0 Å². The number of hydrogen-bond donors (Lipinski definition) is 1. The molecule has 1 heterocycles. The summed E-state index contributed by atoms with van der Waals surface area (Å²) >= 11 is 4.23. The predicted octanol–water partition coefficient (Wildman–Crippen LogP) is 0.673. The van der Waals surface area contributed by atoms with Crippen molar-refractivity contribution in [2.75, 3.05) is 36.9 Å². The van der Waals surface area contributed by atoms with Crippen LogP contribution in [0.15, 0.2) is 0 Å². The number of rotatable bonds is 3. The zero-order valence-corrected chi connectivity index (χ0v) is 10.4. The van der Waals surface area contributed by atoms with Gasteiger partial charge in [-0.15, -0.1) is 0 Å². The highest BCUT2D eigenvalue weighted by Crippen LogP contribution is 2.08. The minimum Gasteiger partial charge on any atom is -0.302 e. The molecule has 0 aromatic rings. The van der Waals surface area contributed by atoms with Gasteiger partial charge in [-0.25, -0.2) is 8.42 Å². The largest absolute Gasteiger partial charge is 0.302 e. The first-order chi connectivity index (χ1) is 6.53. The summed E-state index contributed by atoms with van der Waals surface area (Å²) in [7, 11) is -2.76. The van der Waals surface area contributed by atoms with E-state index in [2.05, 4.69) is 24.5 Å². The molecule has 0 aliphatic carbocycles. The Kier molecular flexibility index (Phi) is 4.73. The third-order valence-corrected chi connectivity index (χ3v) is 4.87. The Morgan fingerprint density at radius 2 is 2.07 bits per heavy atom. The van der Waals surface area contributed by atoms with E-state index < -0.39 is 9.84 Å². The van der Waals surface area contributed by atoms with Crippen molar-refractivity contribution in [3.05, 3.63) is 0 Å². The maximum atomic E-state index is 11.3. The number of nitrogens with zero attached hydrogens (tertiary/aromatic N) is 1. The smallest absolute Gasteiger partial charge is 0.151 e. The van der Waals surface area contributed by atoms with Crippen molar-refractivity contribution in [1.29, 1.82) is 0 Å². The van der Waals surface area contributed by atoms with Crippen LogP contribution in [-0.2, 0) is 9.84 Å². The van der Waals surface area contributed by atoms with Gasteiger partial charge in [0.1, 0.15) is 0 Å². The molecule has 14 heavy (non-hydrogen) atoms. The van der Waals surface area contributed by atoms with Gasteiger partial charge in [-0.05, 0) is 24.6 Å². The lowest BCUT2D eigenvalue weighted by Crippen LogP contribution is -2.31. The number of thiol groups is 1. The molecule has 1 aliphatic rings. The number of sulfone groups is 1. The third-order valence-electron chi connectivity index (χ3n) is 2.53. The second kappa shape index (κ2) is 5.37. The molecule has 1 rings (SSSR count). The van der Waals surface area contributed by atoms with Gasteiger partial charge in [0.15, 0.2) is 9.84 Å². The van der Waals surface area contributed by atoms with E-state index in [1.54, 1.807) is 0 Å². The molecule has 1 fully saturated rings. The van der Waals surface area contributed by atoms with E-state index >= 15 is 0 Å². The summed E-state index contributed by atoms with van der Waals surface area (Å²) in [6, 6.07) is 0.